The van der Waals surface area contributed by atoms with E-state index in [0.717, 1.165) is 15.1 Å². The highest BCUT2D eigenvalue weighted by molar-refractivity contribution is 14.1. The maximum absolute atomic E-state index is 5.24. The van der Waals surface area contributed by atoms with E-state index in [4.69, 9.17) is 9.47 Å². The SMILES string of the molecule is COc1ccc(-c2ncc(I)[nH]2)cc1OC. The van der Waals surface area contributed by atoms with Gasteiger partial charge in [-0.1, -0.05) is 0 Å². The largest absolute Gasteiger partial charge is 0.493 e. The molecular weight excluding hydrogens is 319 g/mol. The Bertz CT molecular complexity index is 496. The first-order valence-electron chi connectivity index (χ1n) is 4.67. The number of hydrogen-bond acceptors (Lipinski definition) is 3. The number of aromatic amines is 1. The van der Waals surface area contributed by atoms with Crippen LogP contribution in [0.3, 0.4) is 0 Å². The zero-order chi connectivity index (χ0) is 11.5. The van der Waals surface area contributed by atoms with Gasteiger partial charge in [-0.25, -0.2) is 4.98 Å². The molecule has 0 aliphatic heterocycles. The second-order valence-electron chi connectivity index (χ2n) is 3.15. The van der Waals surface area contributed by atoms with E-state index in [1.165, 1.54) is 0 Å². The molecule has 0 unspecified atom stereocenters. The second-order valence-corrected chi connectivity index (χ2v) is 4.31. The van der Waals surface area contributed by atoms with Crippen LogP contribution in [0.5, 0.6) is 11.5 Å². The van der Waals surface area contributed by atoms with Gasteiger partial charge in [-0.05, 0) is 40.8 Å². The first kappa shape index (κ1) is 11.3. The summed E-state index contributed by atoms with van der Waals surface area (Å²) >= 11 is 2.19. The minimum Gasteiger partial charge on any atom is -0.493 e. The lowest BCUT2D eigenvalue weighted by Crippen LogP contribution is -1.91. The number of benzene rings is 1. The van der Waals surface area contributed by atoms with Gasteiger partial charge in [-0.15, -0.1) is 0 Å². The summed E-state index contributed by atoms with van der Waals surface area (Å²) in [4.78, 5) is 7.42. The van der Waals surface area contributed by atoms with Gasteiger partial charge in [0.15, 0.2) is 11.5 Å². The minimum absolute atomic E-state index is 0.700. The number of imidazole rings is 1. The summed E-state index contributed by atoms with van der Waals surface area (Å²) in [6.07, 6.45) is 1.78. The zero-order valence-corrected chi connectivity index (χ0v) is 11.1. The molecule has 0 spiro atoms. The van der Waals surface area contributed by atoms with Crippen LogP contribution in [0.15, 0.2) is 24.4 Å². The van der Waals surface area contributed by atoms with Gasteiger partial charge in [0.25, 0.3) is 0 Å². The van der Waals surface area contributed by atoms with Crippen molar-refractivity contribution in [2.45, 2.75) is 0 Å². The summed E-state index contributed by atoms with van der Waals surface area (Å²) in [6.45, 7) is 0. The van der Waals surface area contributed by atoms with Gasteiger partial charge in [-0.2, -0.15) is 0 Å². The molecule has 1 N–H and O–H groups in total. The number of hydrogen-bond donors (Lipinski definition) is 1. The van der Waals surface area contributed by atoms with Gasteiger partial charge >= 0.3 is 0 Å². The van der Waals surface area contributed by atoms with Crippen LogP contribution in [0.2, 0.25) is 0 Å². The number of ether oxygens (including phenoxy) is 2. The number of aromatic nitrogens is 2. The molecule has 2 rings (SSSR count). The standard InChI is InChI=1S/C11H11IN2O2/c1-15-8-4-3-7(5-9(8)16-2)11-13-6-10(12)14-11/h3-6H,1-2H3,(H,13,14). The van der Waals surface area contributed by atoms with Crippen molar-refractivity contribution in [1.82, 2.24) is 9.97 Å². The predicted octanol–water partition coefficient (Wildman–Crippen LogP) is 2.70. The van der Waals surface area contributed by atoms with Gasteiger partial charge in [0.2, 0.25) is 0 Å². The van der Waals surface area contributed by atoms with E-state index in [-0.39, 0.29) is 0 Å². The Balaban J connectivity index is 2.43. The number of nitrogens with one attached hydrogen (secondary N) is 1. The van der Waals surface area contributed by atoms with Crippen molar-refractivity contribution < 1.29 is 9.47 Å². The fraction of sp³-hybridized carbons (Fsp3) is 0.182. The predicted molar refractivity (Wildman–Crippen MR) is 69.8 cm³/mol. The molecule has 0 saturated carbocycles. The molecule has 2 aromatic rings. The molecule has 1 aromatic carbocycles. The van der Waals surface area contributed by atoms with Crippen molar-refractivity contribution >= 4 is 22.6 Å². The molecule has 4 nitrogen and oxygen atoms in total. The number of halogens is 1. The van der Waals surface area contributed by atoms with Crippen molar-refractivity contribution in [2.75, 3.05) is 14.2 Å². The molecule has 0 bridgehead atoms. The van der Waals surface area contributed by atoms with E-state index in [1.807, 2.05) is 18.2 Å². The molecule has 1 aromatic heterocycles. The highest BCUT2D eigenvalue weighted by Crippen LogP contribution is 2.31. The summed E-state index contributed by atoms with van der Waals surface area (Å²) in [5.74, 6) is 2.24. The van der Waals surface area contributed by atoms with E-state index in [1.54, 1.807) is 20.4 Å². The third kappa shape index (κ3) is 2.13. The molecule has 16 heavy (non-hydrogen) atoms. The lowest BCUT2D eigenvalue weighted by Gasteiger charge is -2.08. The van der Waals surface area contributed by atoms with Gasteiger partial charge in [0.05, 0.1) is 24.1 Å². The molecule has 0 atom stereocenters. The first-order chi connectivity index (χ1) is 7.74. The summed E-state index contributed by atoms with van der Waals surface area (Å²) in [5, 5.41) is 0. The summed E-state index contributed by atoms with van der Waals surface area (Å²) in [5.41, 5.74) is 0.973. The Morgan fingerprint density at radius 2 is 1.94 bits per heavy atom. The molecule has 0 radical (unpaired) electrons. The lowest BCUT2D eigenvalue weighted by molar-refractivity contribution is 0.355. The van der Waals surface area contributed by atoms with Crippen LogP contribution in [-0.2, 0) is 0 Å². The number of rotatable bonds is 3. The Hall–Kier alpha value is -1.24. The van der Waals surface area contributed by atoms with Gasteiger partial charge < -0.3 is 14.5 Å². The Kier molecular flexibility index (Phi) is 3.33. The number of H-pyrrole nitrogens is 1. The topological polar surface area (TPSA) is 47.1 Å². The molecule has 0 amide bonds. The Morgan fingerprint density at radius 1 is 1.19 bits per heavy atom. The highest BCUT2D eigenvalue weighted by atomic mass is 127. The van der Waals surface area contributed by atoms with Crippen molar-refractivity contribution in [3.8, 4) is 22.9 Å². The average Bonchev–Trinajstić information content (AvgIpc) is 2.75. The maximum atomic E-state index is 5.24. The molecule has 1 heterocycles. The molecule has 84 valence electrons. The number of methoxy groups -OCH3 is 2. The Morgan fingerprint density at radius 3 is 2.50 bits per heavy atom. The molecule has 0 aliphatic rings. The van der Waals surface area contributed by atoms with Crippen molar-refractivity contribution in [1.29, 1.82) is 0 Å². The smallest absolute Gasteiger partial charge is 0.161 e. The van der Waals surface area contributed by atoms with Gasteiger partial charge in [0.1, 0.15) is 5.82 Å². The van der Waals surface area contributed by atoms with E-state index < -0.39 is 0 Å². The molecule has 0 aliphatic carbocycles. The van der Waals surface area contributed by atoms with Crippen LogP contribution >= 0.6 is 22.6 Å². The summed E-state index contributed by atoms with van der Waals surface area (Å²) < 4.78 is 11.4. The van der Waals surface area contributed by atoms with E-state index >= 15 is 0 Å². The maximum Gasteiger partial charge on any atom is 0.161 e. The first-order valence-corrected chi connectivity index (χ1v) is 5.75. The quantitative estimate of drug-likeness (QED) is 0.881. The number of nitrogens with zero attached hydrogens (tertiary/aromatic N) is 1. The molecule has 0 saturated heterocycles. The van der Waals surface area contributed by atoms with Crippen LogP contribution in [-0.4, -0.2) is 24.2 Å². The summed E-state index contributed by atoms with van der Waals surface area (Å²) in [6, 6.07) is 5.70. The van der Waals surface area contributed by atoms with Crippen LogP contribution in [0.4, 0.5) is 0 Å². The normalized spacial score (nSPS) is 10.2. The lowest BCUT2D eigenvalue weighted by atomic mass is 10.2. The molecule has 0 fully saturated rings. The van der Waals surface area contributed by atoms with E-state index in [2.05, 4.69) is 32.6 Å². The second kappa shape index (κ2) is 4.73. The van der Waals surface area contributed by atoms with Crippen LogP contribution in [0.1, 0.15) is 0 Å². The van der Waals surface area contributed by atoms with E-state index in [9.17, 15) is 0 Å². The fourth-order valence-corrected chi connectivity index (χ4v) is 1.82. The summed E-state index contributed by atoms with van der Waals surface area (Å²) in [7, 11) is 3.24. The zero-order valence-electron chi connectivity index (χ0n) is 8.95. The van der Waals surface area contributed by atoms with Crippen molar-refractivity contribution in [3.05, 3.63) is 28.1 Å². The van der Waals surface area contributed by atoms with Crippen LogP contribution in [0, 0.1) is 3.70 Å². The van der Waals surface area contributed by atoms with Gasteiger partial charge in [-0.3, -0.25) is 0 Å². The van der Waals surface area contributed by atoms with E-state index in [0.29, 0.717) is 11.5 Å². The van der Waals surface area contributed by atoms with Gasteiger partial charge in [0, 0.05) is 5.56 Å². The van der Waals surface area contributed by atoms with Crippen molar-refractivity contribution in [3.63, 3.8) is 0 Å². The molecule has 5 heteroatoms. The fourth-order valence-electron chi connectivity index (χ4n) is 1.43. The van der Waals surface area contributed by atoms with Crippen LogP contribution in [0.25, 0.3) is 11.4 Å². The highest BCUT2D eigenvalue weighted by Gasteiger charge is 2.07. The average molecular weight is 330 g/mol. The van der Waals surface area contributed by atoms with Crippen LogP contribution < -0.4 is 9.47 Å². The third-order valence-electron chi connectivity index (χ3n) is 2.20. The third-order valence-corrected chi connectivity index (χ3v) is 2.75. The van der Waals surface area contributed by atoms with Crippen molar-refractivity contribution in [2.24, 2.45) is 0 Å². The monoisotopic (exact) mass is 330 g/mol. The minimum atomic E-state index is 0.700. The molecular formula is C11H11IN2O2. The Labute approximate surface area is 107 Å².